The van der Waals surface area contributed by atoms with Gasteiger partial charge in [0.05, 0.1) is 11.8 Å². The van der Waals surface area contributed by atoms with Crippen molar-refractivity contribution in [2.45, 2.75) is 6.92 Å². The number of nitriles is 1. The number of hydrogen-bond donors (Lipinski definition) is 0. The van der Waals surface area contributed by atoms with Gasteiger partial charge in [0.2, 0.25) is 5.78 Å². The normalized spacial score (nSPS) is 9.75. The third-order valence-corrected chi connectivity index (χ3v) is 2.37. The second kappa shape index (κ2) is 4.03. The number of aryl methyl sites for hydroxylation is 1. The lowest BCUT2D eigenvalue weighted by molar-refractivity contribution is 0.101. The first-order valence-corrected chi connectivity index (χ1v) is 4.82. The summed E-state index contributed by atoms with van der Waals surface area (Å²) in [4.78, 5) is 12.0. The SMILES string of the molecule is Cc1cccc(C(=O)c2ccco2)c1C#N. The van der Waals surface area contributed by atoms with E-state index in [1.165, 1.54) is 6.26 Å². The Morgan fingerprint density at radius 1 is 1.31 bits per heavy atom. The first kappa shape index (κ1) is 10.2. The lowest BCUT2D eigenvalue weighted by atomic mass is 9.99. The fraction of sp³-hybridized carbons (Fsp3) is 0.0769. The van der Waals surface area contributed by atoms with Crippen molar-refractivity contribution in [2.24, 2.45) is 0 Å². The Morgan fingerprint density at radius 2 is 2.12 bits per heavy atom. The second-order valence-electron chi connectivity index (χ2n) is 3.42. The number of carbonyl (C=O) groups is 1. The van der Waals surface area contributed by atoms with E-state index in [-0.39, 0.29) is 11.5 Å². The summed E-state index contributed by atoms with van der Waals surface area (Å²) in [5, 5.41) is 9.01. The van der Waals surface area contributed by atoms with Gasteiger partial charge < -0.3 is 4.42 Å². The van der Waals surface area contributed by atoms with Gasteiger partial charge in [0.25, 0.3) is 0 Å². The van der Waals surface area contributed by atoms with Crippen LogP contribution < -0.4 is 0 Å². The quantitative estimate of drug-likeness (QED) is 0.717. The van der Waals surface area contributed by atoms with Crippen LogP contribution in [0.25, 0.3) is 0 Å². The predicted octanol–water partition coefficient (Wildman–Crippen LogP) is 2.69. The standard InChI is InChI=1S/C13H9NO2/c1-9-4-2-5-10(11(9)8-14)13(15)12-6-3-7-16-12/h2-7H,1H3. The third-order valence-electron chi connectivity index (χ3n) is 2.37. The monoisotopic (exact) mass is 211 g/mol. The number of nitrogens with zero attached hydrogens (tertiary/aromatic N) is 1. The van der Waals surface area contributed by atoms with Crippen molar-refractivity contribution >= 4 is 5.78 Å². The molecule has 1 heterocycles. The van der Waals surface area contributed by atoms with E-state index >= 15 is 0 Å². The van der Waals surface area contributed by atoms with Crippen molar-refractivity contribution in [1.29, 1.82) is 5.26 Å². The molecular weight excluding hydrogens is 202 g/mol. The fourth-order valence-corrected chi connectivity index (χ4v) is 1.55. The van der Waals surface area contributed by atoms with Gasteiger partial charge in [-0.05, 0) is 30.7 Å². The lowest BCUT2D eigenvalue weighted by Gasteiger charge is -2.03. The second-order valence-corrected chi connectivity index (χ2v) is 3.42. The first-order chi connectivity index (χ1) is 7.74. The highest BCUT2D eigenvalue weighted by molar-refractivity contribution is 6.08. The topological polar surface area (TPSA) is 54.0 Å². The maximum absolute atomic E-state index is 12.0. The molecule has 0 bridgehead atoms. The molecule has 0 amide bonds. The largest absolute Gasteiger partial charge is 0.461 e. The predicted molar refractivity (Wildman–Crippen MR) is 58.0 cm³/mol. The van der Waals surface area contributed by atoms with Crippen LogP contribution in [-0.4, -0.2) is 5.78 Å². The van der Waals surface area contributed by atoms with E-state index in [1.54, 1.807) is 37.3 Å². The Kier molecular flexibility index (Phi) is 2.57. The van der Waals surface area contributed by atoms with E-state index in [1.807, 2.05) is 6.07 Å². The van der Waals surface area contributed by atoms with Crippen LogP contribution in [0.5, 0.6) is 0 Å². The smallest absolute Gasteiger partial charge is 0.229 e. The minimum Gasteiger partial charge on any atom is -0.461 e. The molecule has 1 aromatic heterocycles. The van der Waals surface area contributed by atoms with Crippen molar-refractivity contribution in [3.05, 3.63) is 59.0 Å². The number of ketones is 1. The van der Waals surface area contributed by atoms with E-state index < -0.39 is 0 Å². The van der Waals surface area contributed by atoms with Crippen molar-refractivity contribution < 1.29 is 9.21 Å². The fourth-order valence-electron chi connectivity index (χ4n) is 1.55. The molecule has 0 aliphatic heterocycles. The van der Waals surface area contributed by atoms with Gasteiger partial charge in [-0.25, -0.2) is 0 Å². The third kappa shape index (κ3) is 1.61. The molecule has 0 saturated heterocycles. The summed E-state index contributed by atoms with van der Waals surface area (Å²) < 4.78 is 5.03. The van der Waals surface area contributed by atoms with Crippen LogP contribution in [0.1, 0.15) is 27.2 Å². The zero-order valence-electron chi connectivity index (χ0n) is 8.73. The van der Waals surface area contributed by atoms with Gasteiger partial charge in [0.15, 0.2) is 5.76 Å². The molecule has 1 aromatic carbocycles. The highest BCUT2D eigenvalue weighted by atomic mass is 16.3. The molecule has 78 valence electrons. The number of carbonyl (C=O) groups excluding carboxylic acids is 1. The highest BCUT2D eigenvalue weighted by Gasteiger charge is 2.16. The zero-order valence-corrected chi connectivity index (χ0v) is 8.73. The summed E-state index contributed by atoms with van der Waals surface area (Å²) >= 11 is 0. The summed E-state index contributed by atoms with van der Waals surface area (Å²) in [5.74, 6) is -0.00708. The van der Waals surface area contributed by atoms with Crippen LogP contribution in [0.4, 0.5) is 0 Å². The number of hydrogen-bond acceptors (Lipinski definition) is 3. The highest BCUT2D eigenvalue weighted by Crippen LogP contribution is 2.17. The van der Waals surface area contributed by atoms with Crippen molar-refractivity contribution in [3.8, 4) is 6.07 Å². The Bertz CT molecular complexity index is 562. The van der Waals surface area contributed by atoms with Crippen molar-refractivity contribution in [1.82, 2.24) is 0 Å². The van der Waals surface area contributed by atoms with Gasteiger partial charge >= 0.3 is 0 Å². The molecule has 0 saturated carbocycles. The average Bonchev–Trinajstić information content (AvgIpc) is 2.81. The van der Waals surface area contributed by atoms with Crippen LogP contribution in [0.2, 0.25) is 0 Å². The Labute approximate surface area is 92.9 Å². The molecule has 0 fully saturated rings. The lowest BCUT2D eigenvalue weighted by Crippen LogP contribution is -2.03. The summed E-state index contributed by atoms with van der Waals surface area (Å²) in [5.41, 5.74) is 1.58. The van der Waals surface area contributed by atoms with Gasteiger partial charge in [-0.2, -0.15) is 5.26 Å². The zero-order chi connectivity index (χ0) is 11.5. The van der Waals surface area contributed by atoms with E-state index in [0.29, 0.717) is 11.1 Å². The van der Waals surface area contributed by atoms with E-state index in [2.05, 4.69) is 0 Å². The number of furan rings is 1. The minimum atomic E-state index is -0.259. The molecule has 0 aliphatic carbocycles. The molecule has 3 heteroatoms. The summed E-state index contributed by atoms with van der Waals surface area (Å²) in [6.45, 7) is 1.80. The first-order valence-electron chi connectivity index (χ1n) is 4.82. The van der Waals surface area contributed by atoms with Crippen molar-refractivity contribution in [3.63, 3.8) is 0 Å². The van der Waals surface area contributed by atoms with Crippen molar-refractivity contribution in [2.75, 3.05) is 0 Å². The molecule has 3 nitrogen and oxygen atoms in total. The van der Waals surface area contributed by atoms with Crippen LogP contribution in [-0.2, 0) is 0 Å². The molecule has 0 radical (unpaired) electrons. The van der Waals surface area contributed by atoms with Crippen LogP contribution in [0.15, 0.2) is 41.0 Å². The van der Waals surface area contributed by atoms with Crippen LogP contribution >= 0.6 is 0 Å². The van der Waals surface area contributed by atoms with Gasteiger partial charge in [0.1, 0.15) is 6.07 Å². The minimum absolute atomic E-state index is 0.252. The van der Waals surface area contributed by atoms with Gasteiger partial charge in [0, 0.05) is 5.56 Å². The summed E-state index contributed by atoms with van der Waals surface area (Å²) in [7, 11) is 0. The average molecular weight is 211 g/mol. The molecule has 0 N–H and O–H groups in total. The molecular formula is C13H9NO2. The Morgan fingerprint density at radius 3 is 2.75 bits per heavy atom. The van der Waals surface area contributed by atoms with E-state index in [4.69, 9.17) is 9.68 Å². The molecule has 2 aromatic rings. The molecule has 0 atom stereocenters. The van der Waals surface area contributed by atoms with Crippen LogP contribution in [0, 0.1) is 18.3 Å². The van der Waals surface area contributed by atoms with Crippen LogP contribution in [0.3, 0.4) is 0 Å². The molecule has 0 spiro atoms. The summed E-state index contributed by atoms with van der Waals surface area (Å²) in [6, 6.07) is 10.5. The van der Waals surface area contributed by atoms with Gasteiger partial charge in [-0.3, -0.25) is 4.79 Å². The summed E-state index contributed by atoms with van der Waals surface area (Å²) in [6.07, 6.45) is 1.44. The van der Waals surface area contributed by atoms with E-state index in [0.717, 1.165) is 5.56 Å². The maximum Gasteiger partial charge on any atom is 0.229 e. The van der Waals surface area contributed by atoms with E-state index in [9.17, 15) is 4.79 Å². The van der Waals surface area contributed by atoms with Gasteiger partial charge in [-0.15, -0.1) is 0 Å². The molecule has 0 unspecified atom stereocenters. The Hall–Kier alpha value is -2.34. The molecule has 16 heavy (non-hydrogen) atoms. The Balaban J connectivity index is 2.54. The number of rotatable bonds is 2. The number of benzene rings is 1. The molecule has 0 aliphatic rings. The maximum atomic E-state index is 12.0. The van der Waals surface area contributed by atoms with Gasteiger partial charge in [-0.1, -0.05) is 12.1 Å². The molecule has 2 rings (SSSR count).